The fraction of sp³-hybridized carbons (Fsp3) is 0.0500. The molecule has 0 unspecified atom stereocenters. The van der Waals surface area contributed by atoms with Crippen molar-refractivity contribution in [1.82, 2.24) is 10.3 Å². The van der Waals surface area contributed by atoms with E-state index in [-0.39, 0.29) is 15.6 Å². The number of hydrogen-bond donors (Lipinski definition) is 2. The highest BCUT2D eigenvalue weighted by atomic mass is 35.5. The van der Waals surface area contributed by atoms with Gasteiger partial charge >= 0.3 is 6.03 Å². The minimum Gasteiger partial charge on any atom is -0.439 e. The van der Waals surface area contributed by atoms with Crippen molar-refractivity contribution in [2.45, 2.75) is 6.92 Å². The predicted octanol–water partition coefficient (Wildman–Crippen LogP) is 6.10. The molecule has 0 spiro atoms. The van der Waals surface area contributed by atoms with Crippen LogP contribution in [0.2, 0.25) is 15.1 Å². The number of ether oxygens (including phenoxy) is 1. The topological polar surface area (TPSA) is 80.3 Å². The number of benzene rings is 2. The standard InChI is InChI=1S/C20H14Cl3N3O3/c1-11-9-13(6-7-14(11)21)29-17-8-5-12(10-24-17)25-20(28)26-19(27)18-15(22)3-2-4-16(18)23/h2-10H,1H3,(H2,25,26,27,28). The van der Waals surface area contributed by atoms with Crippen molar-refractivity contribution in [2.24, 2.45) is 0 Å². The minimum atomic E-state index is -0.755. The van der Waals surface area contributed by atoms with Gasteiger partial charge in [-0.05, 0) is 48.9 Å². The SMILES string of the molecule is Cc1cc(Oc2ccc(NC(=O)NC(=O)c3c(Cl)cccc3Cl)cn2)ccc1Cl. The molecule has 1 heterocycles. The molecule has 0 fully saturated rings. The number of aromatic nitrogens is 1. The fourth-order valence-corrected chi connectivity index (χ4v) is 3.05. The molecule has 3 amide bonds. The molecular weight excluding hydrogens is 437 g/mol. The summed E-state index contributed by atoms with van der Waals surface area (Å²) in [6.07, 6.45) is 1.39. The lowest BCUT2D eigenvalue weighted by Gasteiger charge is -2.10. The number of urea groups is 1. The van der Waals surface area contributed by atoms with Crippen LogP contribution in [0, 0.1) is 6.92 Å². The van der Waals surface area contributed by atoms with Gasteiger partial charge in [0.2, 0.25) is 5.88 Å². The highest BCUT2D eigenvalue weighted by molar-refractivity contribution is 6.40. The molecular formula is C20H14Cl3N3O3. The Morgan fingerprint density at radius 1 is 0.966 bits per heavy atom. The quantitative estimate of drug-likeness (QED) is 0.503. The van der Waals surface area contributed by atoms with E-state index in [0.29, 0.717) is 22.3 Å². The normalized spacial score (nSPS) is 10.3. The molecule has 2 aromatic carbocycles. The Morgan fingerprint density at radius 3 is 2.31 bits per heavy atom. The van der Waals surface area contributed by atoms with Crippen LogP contribution in [-0.4, -0.2) is 16.9 Å². The Labute approximate surface area is 181 Å². The molecule has 0 aliphatic carbocycles. The van der Waals surface area contributed by atoms with Gasteiger partial charge in [0.05, 0.1) is 27.5 Å². The van der Waals surface area contributed by atoms with Gasteiger partial charge < -0.3 is 10.1 Å². The third kappa shape index (κ3) is 5.38. The van der Waals surface area contributed by atoms with E-state index in [1.54, 1.807) is 36.4 Å². The number of rotatable bonds is 4. The van der Waals surface area contributed by atoms with Crippen LogP contribution in [0.5, 0.6) is 11.6 Å². The molecule has 0 atom stereocenters. The summed E-state index contributed by atoms with van der Waals surface area (Å²) >= 11 is 17.9. The van der Waals surface area contributed by atoms with Crippen LogP contribution in [0.25, 0.3) is 0 Å². The van der Waals surface area contributed by atoms with E-state index in [2.05, 4.69) is 15.6 Å². The molecule has 1 aromatic heterocycles. The molecule has 0 saturated heterocycles. The van der Waals surface area contributed by atoms with E-state index < -0.39 is 11.9 Å². The summed E-state index contributed by atoms with van der Waals surface area (Å²) in [6.45, 7) is 1.87. The first-order chi connectivity index (χ1) is 13.8. The second-order valence-electron chi connectivity index (χ2n) is 5.90. The van der Waals surface area contributed by atoms with Crippen molar-refractivity contribution in [3.8, 4) is 11.6 Å². The Balaban J connectivity index is 1.61. The highest BCUT2D eigenvalue weighted by Crippen LogP contribution is 2.26. The molecule has 29 heavy (non-hydrogen) atoms. The van der Waals surface area contributed by atoms with E-state index >= 15 is 0 Å². The smallest absolute Gasteiger partial charge is 0.326 e. The number of imide groups is 1. The maximum absolute atomic E-state index is 12.2. The van der Waals surface area contributed by atoms with Crippen LogP contribution in [0.1, 0.15) is 15.9 Å². The number of nitrogens with zero attached hydrogens (tertiary/aromatic N) is 1. The van der Waals surface area contributed by atoms with Crippen LogP contribution < -0.4 is 15.4 Å². The molecule has 2 N–H and O–H groups in total. The van der Waals surface area contributed by atoms with Gasteiger partial charge in [-0.1, -0.05) is 40.9 Å². The molecule has 6 nitrogen and oxygen atoms in total. The van der Waals surface area contributed by atoms with Crippen molar-refractivity contribution in [1.29, 1.82) is 0 Å². The summed E-state index contributed by atoms with van der Waals surface area (Å²) in [5.74, 6) is 0.195. The second kappa shape index (κ2) is 9.13. The Bertz CT molecular complexity index is 1050. The molecule has 0 aliphatic rings. The third-order valence-corrected chi connectivity index (χ3v) is 4.82. The van der Waals surface area contributed by atoms with Crippen molar-refractivity contribution in [3.63, 3.8) is 0 Å². The maximum Gasteiger partial charge on any atom is 0.326 e. The summed E-state index contributed by atoms with van der Waals surface area (Å²) in [6, 6.07) is 12.3. The average Bonchev–Trinajstić information content (AvgIpc) is 2.66. The van der Waals surface area contributed by atoms with Gasteiger partial charge in [0.1, 0.15) is 5.75 Å². The van der Waals surface area contributed by atoms with Crippen molar-refractivity contribution in [3.05, 3.63) is 80.9 Å². The maximum atomic E-state index is 12.2. The Kier molecular flexibility index (Phi) is 6.59. The van der Waals surface area contributed by atoms with Gasteiger partial charge in [0.15, 0.2) is 0 Å². The summed E-state index contributed by atoms with van der Waals surface area (Å²) < 4.78 is 5.64. The van der Waals surface area contributed by atoms with Crippen LogP contribution in [0.15, 0.2) is 54.7 Å². The highest BCUT2D eigenvalue weighted by Gasteiger charge is 2.17. The van der Waals surface area contributed by atoms with Crippen molar-refractivity contribution < 1.29 is 14.3 Å². The van der Waals surface area contributed by atoms with Gasteiger partial charge in [-0.25, -0.2) is 9.78 Å². The monoisotopic (exact) mass is 449 g/mol. The summed E-state index contributed by atoms with van der Waals surface area (Å²) in [5.41, 5.74) is 1.26. The minimum absolute atomic E-state index is 0.0196. The summed E-state index contributed by atoms with van der Waals surface area (Å²) in [5, 5.41) is 5.59. The van der Waals surface area contributed by atoms with E-state index in [0.717, 1.165) is 5.56 Å². The zero-order valence-corrected chi connectivity index (χ0v) is 17.3. The van der Waals surface area contributed by atoms with E-state index in [4.69, 9.17) is 39.5 Å². The van der Waals surface area contributed by atoms with E-state index in [1.807, 2.05) is 6.92 Å². The molecule has 0 saturated carbocycles. The first-order valence-corrected chi connectivity index (χ1v) is 9.43. The van der Waals surface area contributed by atoms with Crippen LogP contribution in [-0.2, 0) is 0 Å². The Morgan fingerprint density at radius 2 is 1.69 bits per heavy atom. The van der Waals surface area contributed by atoms with Gasteiger partial charge in [0, 0.05) is 11.1 Å². The van der Waals surface area contributed by atoms with Crippen molar-refractivity contribution in [2.75, 3.05) is 5.32 Å². The van der Waals surface area contributed by atoms with Gasteiger partial charge in [-0.15, -0.1) is 0 Å². The van der Waals surface area contributed by atoms with Crippen LogP contribution >= 0.6 is 34.8 Å². The third-order valence-electron chi connectivity index (χ3n) is 3.76. The number of carbonyl (C=O) groups is 2. The first kappa shape index (κ1) is 20.9. The number of amides is 3. The van der Waals surface area contributed by atoms with E-state index in [1.165, 1.54) is 18.3 Å². The number of anilines is 1. The number of carbonyl (C=O) groups excluding carboxylic acids is 2. The number of aryl methyl sites for hydroxylation is 1. The fourth-order valence-electron chi connectivity index (χ4n) is 2.36. The van der Waals surface area contributed by atoms with Crippen LogP contribution in [0.3, 0.4) is 0 Å². The largest absolute Gasteiger partial charge is 0.439 e. The van der Waals surface area contributed by atoms with Gasteiger partial charge in [0.25, 0.3) is 5.91 Å². The molecule has 9 heteroatoms. The predicted molar refractivity (Wildman–Crippen MR) is 113 cm³/mol. The number of halogens is 3. The molecule has 0 radical (unpaired) electrons. The number of pyridine rings is 1. The lowest BCUT2D eigenvalue weighted by molar-refractivity contribution is 0.0967. The molecule has 3 aromatic rings. The zero-order chi connectivity index (χ0) is 21.0. The number of nitrogens with one attached hydrogen (secondary N) is 2. The summed E-state index contributed by atoms with van der Waals surface area (Å²) in [4.78, 5) is 28.4. The van der Waals surface area contributed by atoms with Crippen molar-refractivity contribution >= 4 is 52.4 Å². The Hall–Kier alpha value is -2.80. The van der Waals surface area contributed by atoms with E-state index in [9.17, 15) is 9.59 Å². The van der Waals surface area contributed by atoms with Gasteiger partial charge in [-0.3, -0.25) is 10.1 Å². The lowest BCUT2D eigenvalue weighted by atomic mass is 10.2. The molecule has 3 rings (SSSR count). The molecule has 0 bridgehead atoms. The van der Waals surface area contributed by atoms with Crippen LogP contribution in [0.4, 0.5) is 10.5 Å². The average molecular weight is 451 g/mol. The summed E-state index contributed by atoms with van der Waals surface area (Å²) in [7, 11) is 0. The second-order valence-corrected chi connectivity index (χ2v) is 7.12. The first-order valence-electron chi connectivity index (χ1n) is 8.30. The molecule has 0 aliphatic heterocycles. The lowest BCUT2D eigenvalue weighted by Crippen LogP contribution is -2.34. The van der Waals surface area contributed by atoms with Gasteiger partial charge in [-0.2, -0.15) is 0 Å². The zero-order valence-electron chi connectivity index (χ0n) is 15.0. The number of hydrogen-bond acceptors (Lipinski definition) is 4. The molecule has 148 valence electrons.